The van der Waals surface area contributed by atoms with Gasteiger partial charge < -0.3 is 9.84 Å². The molecule has 0 fully saturated rings. The quantitative estimate of drug-likeness (QED) is 0.310. The number of hydrogen-bond acceptors (Lipinski definition) is 3. The lowest BCUT2D eigenvalue weighted by molar-refractivity contribution is -0.161. The van der Waals surface area contributed by atoms with Crippen LogP contribution in [0.4, 0.5) is 0 Å². The molecular formula is C32H34O3. The topological polar surface area (TPSA) is 46.5 Å². The van der Waals surface area contributed by atoms with Crippen molar-refractivity contribution >= 4 is 12.0 Å². The van der Waals surface area contributed by atoms with E-state index in [1.807, 2.05) is 91.0 Å². The molecule has 0 radical (unpaired) electrons. The third-order valence-electron chi connectivity index (χ3n) is 6.73. The van der Waals surface area contributed by atoms with Gasteiger partial charge in [-0.25, -0.2) is 4.79 Å². The summed E-state index contributed by atoms with van der Waals surface area (Å²) in [4.78, 5) is 13.5. The highest BCUT2D eigenvalue weighted by Gasteiger charge is 2.42. The number of aliphatic hydroxyl groups excluding tert-OH is 1. The monoisotopic (exact) mass is 466 g/mol. The summed E-state index contributed by atoms with van der Waals surface area (Å²) in [5.74, 6) is -0.637. The van der Waals surface area contributed by atoms with E-state index in [9.17, 15) is 9.90 Å². The summed E-state index contributed by atoms with van der Waals surface area (Å²) in [6.07, 6.45) is 8.52. The molecule has 1 heterocycles. The summed E-state index contributed by atoms with van der Waals surface area (Å²) in [5, 5.41) is 11.3. The highest BCUT2D eigenvalue weighted by atomic mass is 16.6. The molecule has 0 bridgehead atoms. The maximum Gasteiger partial charge on any atom is 0.338 e. The molecule has 0 spiro atoms. The number of rotatable bonds is 10. The number of benzene rings is 3. The average molecular weight is 467 g/mol. The number of hydrogen-bond donors (Lipinski definition) is 1. The summed E-state index contributed by atoms with van der Waals surface area (Å²) < 4.78 is 6.20. The molecule has 3 aromatic carbocycles. The molecule has 1 aliphatic rings. The van der Waals surface area contributed by atoms with E-state index >= 15 is 0 Å². The third kappa shape index (κ3) is 6.30. The third-order valence-corrected chi connectivity index (χ3v) is 6.73. The van der Waals surface area contributed by atoms with Gasteiger partial charge in [-0.05, 0) is 42.4 Å². The minimum atomic E-state index is -0.654. The van der Waals surface area contributed by atoms with E-state index in [0.717, 1.165) is 43.2 Å². The normalized spacial score (nSPS) is 19.1. The van der Waals surface area contributed by atoms with Gasteiger partial charge >= 0.3 is 5.97 Å². The first kappa shape index (κ1) is 24.5. The predicted molar refractivity (Wildman–Crippen MR) is 142 cm³/mol. The average Bonchev–Trinajstić information content (AvgIpc) is 2.87. The SMILES string of the molecule is CCCC1(CCCc2ccccc2)CC(O)=C(C(/C=C/c2ccccc2)c2ccccc2)C(=O)O1. The van der Waals surface area contributed by atoms with Crippen LogP contribution in [0, 0.1) is 0 Å². The van der Waals surface area contributed by atoms with Crippen molar-refractivity contribution in [2.75, 3.05) is 0 Å². The van der Waals surface area contributed by atoms with Crippen molar-refractivity contribution in [3.05, 3.63) is 125 Å². The van der Waals surface area contributed by atoms with Gasteiger partial charge in [0.1, 0.15) is 11.4 Å². The molecule has 0 saturated heterocycles. The van der Waals surface area contributed by atoms with Crippen LogP contribution in [-0.2, 0) is 16.0 Å². The van der Waals surface area contributed by atoms with Crippen LogP contribution in [0.15, 0.2) is 108 Å². The van der Waals surface area contributed by atoms with Crippen molar-refractivity contribution in [1.29, 1.82) is 0 Å². The molecule has 3 aromatic rings. The first-order valence-electron chi connectivity index (χ1n) is 12.6. The summed E-state index contributed by atoms with van der Waals surface area (Å²) in [6, 6.07) is 30.2. The van der Waals surface area contributed by atoms with Gasteiger partial charge in [0.05, 0.1) is 5.57 Å². The van der Waals surface area contributed by atoms with Crippen molar-refractivity contribution in [2.24, 2.45) is 0 Å². The van der Waals surface area contributed by atoms with Crippen LogP contribution in [0.25, 0.3) is 6.08 Å². The second-order valence-electron chi connectivity index (χ2n) is 9.36. The molecule has 180 valence electrons. The van der Waals surface area contributed by atoms with Crippen LogP contribution < -0.4 is 0 Å². The first-order valence-corrected chi connectivity index (χ1v) is 12.6. The van der Waals surface area contributed by atoms with Crippen molar-refractivity contribution in [2.45, 2.75) is 57.0 Å². The van der Waals surface area contributed by atoms with Crippen LogP contribution in [0.3, 0.4) is 0 Å². The van der Waals surface area contributed by atoms with Gasteiger partial charge in [-0.1, -0.05) is 116 Å². The standard InChI is InChI=1S/C32H34O3/c1-2-22-32(23-12-17-25-13-6-3-7-14-25)24-29(33)30(31(34)35-32)28(27-18-10-5-11-19-27)21-20-26-15-8-4-9-16-26/h3-11,13-16,18-21,28,33H,2,12,17,22-24H2,1H3/b21-20+. The maximum absolute atomic E-state index is 13.5. The number of allylic oxidation sites excluding steroid dienone is 1. The van der Waals surface area contributed by atoms with Crippen molar-refractivity contribution in [3.8, 4) is 0 Å². The van der Waals surface area contributed by atoms with Gasteiger partial charge in [-0.2, -0.15) is 0 Å². The molecule has 1 N–H and O–H groups in total. The zero-order valence-corrected chi connectivity index (χ0v) is 20.4. The molecule has 2 unspecified atom stereocenters. The fourth-order valence-electron chi connectivity index (χ4n) is 5.04. The van der Waals surface area contributed by atoms with Crippen LogP contribution in [0.5, 0.6) is 0 Å². The van der Waals surface area contributed by atoms with Crippen molar-refractivity contribution in [1.82, 2.24) is 0 Å². The maximum atomic E-state index is 13.5. The first-order chi connectivity index (χ1) is 17.1. The number of carbonyl (C=O) groups is 1. The smallest absolute Gasteiger partial charge is 0.338 e. The van der Waals surface area contributed by atoms with Gasteiger partial charge in [0.15, 0.2) is 0 Å². The van der Waals surface area contributed by atoms with Crippen LogP contribution >= 0.6 is 0 Å². The van der Waals surface area contributed by atoms with Crippen molar-refractivity contribution in [3.63, 3.8) is 0 Å². The molecule has 0 amide bonds. The largest absolute Gasteiger partial charge is 0.512 e. The Morgan fingerprint density at radius 1 is 0.914 bits per heavy atom. The molecule has 35 heavy (non-hydrogen) atoms. The number of ether oxygens (including phenoxy) is 1. The molecule has 4 rings (SSSR count). The molecule has 0 aliphatic carbocycles. The number of esters is 1. The Kier molecular flexibility index (Phi) is 8.20. The summed E-state index contributed by atoms with van der Waals surface area (Å²) in [5.41, 5.74) is 2.96. The summed E-state index contributed by atoms with van der Waals surface area (Å²) in [6.45, 7) is 2.10. The number of aryl methyl sites for hydroxylation is 1. The minimum Gasteiger partial charge on any atom is -0.512 e. The summed E-state index contributed by atoms with van der Waals surface area (Å²) >= 11 is 0. The molecule has 1 aliphatic heterocycles. The fourth-order valence-corrected chi connectivity index (χ4v) is 5.04. The van der Waals surface area contributed by atoms with Gasteiger partial charge in [0, 0.05) is 12.3 Å². The lowest BCUT2D eigenvalue weighted by atomic mass is 9.80. The van der Waals surface area contributed by atoms with E-state index in [2.05, 4.69) is 19.1 Å². The molecule has 3 nitrogen and oxygen atoms in total. The zero-order chi connectivity index (χ0) is 24.5. The Bertz CT molecular complexity index is 1150. The van der Waals surface area contributed by atoms with Crippen LogP contribution in [0.1, 0.15) is 61.6 Å². The number of carbonyl (C=O) groups excluding carboxylic acids is 1. The Labute approximate surface area is 208 Å². The van der Waals surface area contributed by atoms with Gasteiger partial charge in [-0.15, -0.1) is 0 Å². The van der Waals surface area contributed by atoms with Crippen LogP contribution in [0.2, 0.25) is 0 Å². The predicted octanol–water partition coefficient (Wildman–Crippen LogP) is 7.80. The van der Waals surface area contributed by atoms with E-state index in [0.29, 0.717) is 12.0 Å². The van der Waals surface area contributed by atoms with E-state index in [1.165, 1.54) is 5.56 Å². The van der Waals surface area contributed by atoms with E-state index in [-0.39, 0.29) is 11.7 Å². The Hall–Kier alpha value is -3.59. The highest BCUT2D eigenvalue weighted by molar-refractivity contribution is 5.93. The minimum absolute atomic E-state index is 0.154. The van der Waals surface area contributed by atoms with Crippen molar-refractivity contribution < 1.29 is 14.6 Å². The second-order valence-corrected chi connectivity index (χ2v) is 9.36. The highest BCUT2D eigenvalue weighted by Crippen LogP contribution is 2.41. The molecule has 2 atom stereocenters. The zero-order valence-electron chi connectivity index (χ0n) is 20.4. The number of aliphatic hydroxyl groups is 1. The fraction of sp³-hybridized carbons (Fsp3) is 0.281. The Morgan fingerprint density at radius 2 is 1.54 bits per heavy atom. The van der Waals surface area contributed by atoms with Gasteiger partial charge in [-0.3, -0.25) is 0 Å². The summed E-state index contributed by atoms with van der Waals surface area (Å²) in [7, 11) is 0. The lowest BCUT2D eigenvalue weighted by Crippen LogP contribution is -2.41. The second kappa shape index (κ2) is 11.7. The molecule has 3 heteroatoms. The van der Waals surface area contributed by atoms with Gasteiger partial charge in [0.25, 0.3) is 0 Å². The van der Waals surface area contributed by atoms with Crippen LogP contribution in [-0.4, -0.2) is 16.7 Å². The van der Waals surface area contributed by atoms with E-state index in [1.54, 1.807) is 0 Å². The Balaban J connectivity index is 1.60. The Morgan fingerprint density at radius 3 is 2.17 bits per heavy atom. The lowest BCUT2D eigenvalue weighted by Gasteiger charge is -2.38. The van der Waals surface area contributed by atoms with E-state index in [4.69, 9.17) is 4.74 Å². The number of cyclic esters (lactones) is 1. The van der Waals surface area contributed by atoms with Gasteiger partial charge in [0.2, 0.25) is 0 Å². The van der Waals surface area contributed by atoms with E-state index < -0.39 is 11.6 Å². The molecular weight excluding hydrogens is 432 g/mol. The molecule has 0 aromatic heterocycles. The molecule has 0 saturated carbocycles.